The second kappa shape index (κ2) is 4.44. The fraction of sp³-hybridized carbons (Fsp3) is 0. The smallest absolute Gasteiger partial charge is 0.294 e. The summed E-state index contributed by atoms with van der Waals surface area (Å²) < 4.78 is 1.34. The Morgan fingerprint density at radius 1 is 1.35 bits per heavy atom. The first kappa shape index (κ1) is 10.8. The van der Waals surface area contributed by atoms with E-state index in [1.165, 1.54) is 16.9 Å². The molecular formula is C10H8N4O3. The predicted octanol–water partition coefficient (Wildman–Crippen LogP) is 1.35. The molecular weight excluding hydrogens is 224 g/mol. The minimum atomic E-state index is -0.482. The van der Waals surface area contributed by atoms with Crippen LogP contribution in [0.4, 0.5) is 11.5 Å². The van der Waals surface area contributed by atoms with Crippen LogP contribution < -0.4 is 5.32 Å². The number of nitro benzene ring substituents is 1. The summed E-state index contributed by atoms with van der Waals surface area (Å²) in [7, 11) is 0. The molecule has 7 nitrogen and oxygen atoms in total. The molecule has 0 atom stereocenters. The maximum absolute atomic E-state index is 10.8. The van der Waals surface area contributed by atoms with Crippen molar-refractivity contribution in [3.05, 3.63) is 46.6 Å². The van der Waals surface area contributed by atoms with Gasteiger partial charge in [-0.1, -0.05) is 12.1 Å². The Morgan fingerprint density at radius 2 is 2.12 bits per heavy atom. The Kier molecular flexibility index (Phi) is 2.82. The molecule has 1 amide bonds. The number of carbonyl (C=O) groups excluding carboxylic acids is 1. The molecule has 0 bridgehead atoms. The lowest BCUT2D eigenvalue weighted by molar-refractivity contribution is -0.384. The van der Waals surface area contributed by atoms with Crippen molar-refractivity contribution < 1.29 is 9.72 Å². The standard InChI is InChI=1S/C10H8N4O3/c15-7-11-10-5-6-13(12-10)8-3-1-2-4-9(8)14(16)17/h1-7H,(H,11,12,15). The summed E-state index contributed by atoms with van der Waals surface area (Å²) in [5.41, 5.74) is 0.296. The second-order valence-electron chi connectivity index (χ2n) is 3.15. The van der Waals surface area contributed by atoms with E-state index >= 15 is 0 Å². The fourth-order valence-corrected chi connectivity index (χ4v) is 1.41. The lowest BCUT2D eigenvalue weighted by Gasteiger charge is -2.01. The molecule has 0 radical (unpaired) electrons. The second-order valence-corrected chi connectivity index (χ2v) is 3.15. The maximum Gasteiger partial charge on any atom is 0.294 e. The summed E-state index contributed by atoms with van der Waals surface area (Å²) in [6.45, 7) is 0. The Labute approximate surface area is 95.8 Å². The van der Waals surface area contributed by atoms with Gasteiger partial charge in [0.25, 0.3) is 5.69 Å². The van der Waals surface area contributed by atoms with E-state index in [0.717, 1.165) is 0 Å². The molecule has 0 aliphatic carbocycles. The molecule has 2 rings (SSSR count). The Hall–Kier alpha value is -2.70. The van der Waals surface area contributed by atoms with Crippen LogP contribution >= 0.6 is 0 Å². The average Bonchev–Trinajstić information content (AvgIpc) is 2.78. The molecule has 86 valence electrons. The lowest BCUT2D eigenvalue weighted by atomic mass is 10.3. The molecule has 2 aromatic rings. The maximum atomic E-state index is 10.8. The highest BCUT2D eigenvalue weighted by atomic mass is 16.6. The minimum absolute atomic E-state index is 0.0479. The molecule has 1 aromatic heterocycles. The molecule has 0 fully saturated rings. The van der Waals surface area contributed by atoms with Crippen LogP contribution in [-0.4, -0.2) is 21.1 Å². The molecule has 1 N–H and O–H groups in total. The first-order valence-corrected chi connectivity index (χ1v) is 4.72. The van der Waals surface area contributed by atoms with E-state index < -0.39 is 4.92 Å². The SMILES string of the molecule is O=CNc1ccn(-c2ccccc2[N+](=O)[O-])n1. The van der Waals surface area contributed by atoms with Gasteiger partial charge in [0.2, 0.25) is 6.41 Å². The van der Waals surface area contributed by atoms with E-state index in [1.54, 1.807) is 24.3 Å². The molecule has 0 unspecified atom stereocenters. The number of hydrogen-bond donors (Lipinski definition) is 1. The molecule has 0 spiro atoms. The zero-order valence-corrected chi connectivity index (χ0v) is 8.61. The van der Waals surface area contributed by atoms with Gasteiger partial charge in [0.1, 0.15) is 5.69 Å². The topological polar surface area (TPSA) is 90.1 Å². The molecule has 0 saturated heterocycles. The summed E-state index contributed by atoms with van der Waals surface area (Å²) in [5, 5.41) is 17.2. The molecule has 1 aromatic carbocycles. The van der Waals surface area contributed by atoms with Crippen molar-refractivity contribution in [1.82, 2.24) is 9.78 Å². The van der Waals surface area contributed by atoms with Gasteiger partial charge in [0, 0.05) is 18.3 Å². The van der Waals surface area contributed by atoms with Gasteiger partial charge in [-0.15, -0.1) is 5.10 Å². The van der Waals surface area contributed by atoms with Crippen LogP contribution in [0.5, 0.6) is 0 Å². The summed E-state index contributed by atoms with van der Waals surface area (Å²) in [6, 6.07) is 7.78. The van der Waals surface area contributed by atoms with Gasteiger partial charge in [-0.2, -0.15) is 0 Å². The van der Waals surface area contributed by atoms with E-state index in [9.17, 15) is 14.9 Å². The van der Waals surface area contributed by atoms with Gasteiger partial charge in [0.05, 0.1) is 4.92 Å². The van der Waals surface area contributed by atoms with E-state index in [-0.39, 0.29) is 5.69 Å². The van der Waals surface area contributed by atoms with Gasteiger partial charge in [-0.25, -0.2) is 4.68 Å². The zero-order chi connectivity index (χ0) is 12.3. The first-order chi connectivity index (χ1) is 8.22. The summed E-state index contributed by atoms with van der Waals surface area (Å²) in [5.74, 6) is 0.332. The van der Waals surface area contributed by atoms with Crippen molar-refractivity contribution in [2.24, 2.45) is 0 Å². The van der Waals surface area contributed by atoms with E-state index in [0.29, 0.717) is 17.9 Å². The lowest BCUT2D eigenvalue weighted by Crippen LogP contribution is -2.01. The quantitative estimate of drug-likeness (QED) is 0.489. The molecule has 0 saturated carbocycles. The number of rotatable bonds is 4. The Balaban J connectivity index is 2.44. The molecule has 0 aliphatic heterocycles. The van der Waals surface area contributed by atoms with Gasteiger partial charge in [0.15, 0.2) is 5.82 Å². The average molecular weight is 232 g/mol. The van der Waals surface area contributed by atoms with Crippen LogP contribution in [0.3, 0.4) is 0 Å². The van der Waals surface area contributed by atoms with Crippen molar-refractivity contribution in [2.45, 2.75) is 0 Å². The summed E-state index contributed by atoms with van der Waals surface area (Å²) in [4.78, 5) is 20.6. The highest BCUT2D eigenvalue weighted by Gasteiger charge is 2.14. The number of amides is 1. The van der Waals surface area contributed by atoms with Crippen molar-refractivity contribution in [2.75, 3.05) is 5.32 Å². The van der Waals surface area contributed by atoms with Crippen LogP contribution in [0, 0.1) is 10.1 Å². The normalized spacial score (nSPS) is 9.88. The largest absolute Gasteiger partial charge is 0.312 e. The Morgan fingerprint density at radius 3 is 2.82 bits per heavy atom. The number of benzene rings is 1. The number of hydrogen-bond acceptors (Lipinski definition) is 4. The molecule has 1 heterocycles. The molecule has 17 heavy (non-hydrogen) atoms. The number of aromatic nitrogens is 2. The van der Waals surface area contributed by atoms with Crippen molar-refractivity contribution in [1.29, 1.82) is 0 Å². The van der Waals surface area contributed by atoms with Crippen LogP contribution in [0.2, 0.25) is 0 Å². The van der Waals surface area contributed by atoms with Crippen molar-refractivity contribution in [3.8, 4) is 5.69 Å². The number of anilines is 1. The Bertz CT molecular complexity index is 564. The third-order valence-corrected chi connectivity index (χ3v) is 2.12. The third kappa shape index (κ3) is 2.12. The van der Waals surface area contributed by atoms with Gasteiger partial charge in [-0.3, -0.25) is 14.9 Å². The molecule has 7 heteroatoms. The summed E-state index contributed by atoms with van der Waals surface area (Å²) in [6.07, 6.45) is 2.03. The first-order valence-electron chi connectivity index (χ1n) is 4.72. The van der Waals surface area contributed by atoms with Crippen molar-refractivity contribution in [3.63, 3.8) is 0 Å². The fourth-order valence-electron chi connectivity index (χ4n) is 1.41. The number of carbonyl (C=O) groups is 1. The van der Waals surface area contributed by atoms with Crippen LogP contribution in [0.25, 0.3) is 5.69 Å². The van der Waals surface area contributed by atoms with Gasteiger partial charge >= 0.3 is 0 Å². The third-order valence-electron chi connectivity index (χ3n) is 2.12. The number of para-hydroxylation sites is 2. The number of nitrogens with zero attached hydrogens (tertiary/aromatic N) is 3. The monoisotopic (exact) mass is 232 g/mol. The number of nitrogens with one attached hydrogen (secondary N) is 1. The highest BCUT2D eigenvalue weighted by molar-refractivity contribution is 5.68. The number of nitro groups is 1. The van der Waals surface area contributed by atoms with Crippen molar-refractivity contribution >= 4 is 17.9 Å². The van der Waals surface area contributed by atoms with Crippen LogP contribution in [-0.2, 0) is 4.79 Å². The summed E-state index contributed by atoms with van der Waals surface area (Å²) >= 11 is 0. The van der Waals surface area contributed by atoms with E-state index in [4.69, 9.17) is 0 Å². The minimum Gasteiger partial charge on any atom is -0.312 e. The molecule has 0 aliphatic rings. The highest BCUT2D eigenvalue weighted by Crippen LogP contribution is 2.22. The predicted molar refractivity (Wildman–Crippen MR) is 59.9 cm³/mol. The van der Waals surface area contributed by atoms with Gasteiger partial charge < -0.3 is 5.32 Å². The van der Waals surface area contributed by atoms with E-state index in [1.807, 2.05) is 0 Å². The van der Waals surface area contributed by atoms with E-state index in [2.05, 4.69) is 10.4 Å². The van der Waals surface area contributed by atoms with Crippen LogP contribution in [0.1, 0.15) is 0 Å². The zero-order valence-electron chi connectivity index (χ0n) is 8.61. The van der Waals surface area contributed by atoms with Crippen LogP contribution in [0.15, 0.2) is 36.5 Å². The van der Waals surface area contributed by atoms with Gasteiger partial charge in [-0.05, 0) is 6.07 Å².